The molecule has 0 bridgehead atoms. The first-order valence-corrected chi connectivity index (χ1v) is 13.0. The minimum atomic E-state index is -0.697. The molecule has 3 amide bonds. The number of hydrogen-bond acceptors (Lipinski definition) is 4. The van der Waals surface area contributed by atoms with Crippen LogP contribution in [0.25, 0.3) is 0 Å². The maximum absolute atomic E-state index is 13.6. The second-order valence-corrected chi connectivity index (χ2v) is 10.3. The minimum Gasteiger partial charge on any atom is -0.347 e. The van der Waals surface area contributed by atoms with Gasteiger partial charge in [-0.2, -0.15) is 0 Å². The van der Waals surface area contributed by atoms with Gasteiger partial charge in [0.25, 0.3) is 0 Å². The third-order valence-electron chi connectivity index (χ3n) is 7.46. The molecule has 3 rings (SSSR count). The van der Waals surface area contributed by atoms with Crippen molar-refractivity contribution in [2.45, 2.75) is 96.3 Å². The van der Waals surface area contributed by atoms with Crippen molar-refractivity contribution >= 4 is 17.7 Å². The lowest BCUT2D eigenvalue weighted by atomic mass is 9.82. The van der Waals surface area contributed by atoms with Crippen LogP contribution in [0.15, 0.2) is 24.3 Å². The van der Waals surface area contributed by atoms with Crippen LogP contribution in [0, 0.1) is 11.8 Å². The molecule has 0 aliphatic heterocycles. The third-order valence-corrected chi connectivity index (χ3v) is 7.46. The van der Waals surface area contributed by atoms with Crippen LogP contribution < -0.4 is 21.3 Å². The molecular weight excluding hydrogens is 428 g/mol. The van der Waals surface area contributed by atoms with E-state index in [9.17, 15) is 14.4 Å². The number of nitrogens with one attached hydrogen (secondary N) is 4. The number of benzene rings is 1. The van der Waals surface area contributed by atoms with Crippen molar-refractivity contribution in [3.8, 4) is 0 Å². The van der Waals surface area contributed by atoms with E-state index in [1.807, 2.05) is 26.0 Å². The van der Waals surface area contributed by atoms with Gasteiger partial charge in [0.1, 0.15) is 12.1 Å². The molecule has 2 aliphatic rings. The zero-order valence-electron chi connectivity index (χ0n) is 21.2. The average Bonchev–Trinajstić information content (AvgIpc) is 2.85. The van der Waals surface area contributed by atoms with Gasteiger partial charge in [-0.3, -0.25) is 14.4 Å². The summed E-state index contributed by atoms with van der Waals surface area (Å²) in [5.74, 6) is -0.626. The molecule has 0 radical (unpaired) electrons. The van der Waals surface area contributed by atoms with Crippen molar-refractivity contribution in [2.75, 3.05) is 7.05 Å². The SMILES string of the molecule is CNC(C)C(=O)NC(C(=O)NC(C(=O)NC1CCCc2ccccc21)C1CCCCC1)C(C)C. The van der Waals surface area contributed by atoms with Crippen LogP contribution in [-0.2, 0) is 20.8 Å². The van der Waals surface area contributed by atoms with Crippen LogP contribution in [-0.4, -0.2) is 42.9 Å². The lowest BCUT2D eigenvalue weighted by Gasteiger charge is -2.34. The van der Waals surface area contributed by atoms with Gasteiger partial charge in [0.05, 0.1) is 12.1 Å². The first kappa shape index (κ1) is 26.2. The molecule has 4 atom stereocenters. The van der Waals surface area contributed by atoms with Crippen molar-refractivity contribution < 1.29 is 14.4 Å². The normalized spacial score (nSPS) is 21.1. The molecule has 7 nitrogen and oxygen atoms in total. The van der Waals surface area contributed by atoms with Crippen LogP contribution in [0.4, 0.5) is 0 Å². The zero-order valence-corrected chi connectivity index (χ0v) is 21.2. The van der Waals surface area contributed by atoms with Gasteiger partial charge in [-0.1, -0.05) is 57.4 Å². The predicted molar refractivity (Wildman–Crippen MR) is 134 cm³/mol. The fourth-order valence-electron chi connectivity index (χ4n) is 5.22. The van der Waals surface area contributed by atoms with E-state index in [2.05, 4.69) is 33.4 Å². The summed E-state index contributed by atoms with van der Waals surface area (Å²) in [7, 11) is 1.71. The summed E-state index contributed by atoms with van der Waals surface area (Å²) in [6, 6.07) is 6.57. The molecule has 2 aliphatic carbocycles. The van der Waals surface area contributed by atoms with E-state index in [-0.39, 0.29) is 35.6 Å². The largest absolute Gasteiger partial charge is 0.347 e. The smallest absolute Gasteiger partial charge is 0.243 e. The number of fused-ring (bicyclic) bond motifs is 1. The monoisotopic (exact) mass is 470 g/mol. The summed E-state index contributed by atoms with van der Waals surface area (Å²) < 4.78 is 0. The molecule has 0 saturated heterocycles. The molecule has 0 spiro atoms. The van der Waals surface area contributed by atoms with Gasteiger partial charge in [0.2, 0.25) is 17.7 Å². The Morgan fingerprint density at radius 1 is 0.853 bits per heavy atom. The van der Waals surface area contributed by atoms with Crippen molar-refractivity contribution in [1.29, 1.82) is 0 Å². The number of aryl methyl sites for hydroxylation is 1. The quantitative estimate of drug-likeness (QED) is 0.446. The van der Waals surface area contributed by atoms with Crippen molar-refractivity contribution in [2.24, 2.45) is 11.8 Å². The van der Waals surface area contributed by atoms with E-state index in [0.717, 1.165) is 44.9 Å². The highest BCUT2D eigenvalue weighted by atomic mass is 16.2. The Labute approximate surface area is 204 Å². The van der Waals surface area contributed by atoms with Crippen molar-refractivity contribution in [1.82, 2.24) is 21.3 Å². The van der Waals surface area contributed by atoms with Crippen LogP contribution in [0.2, 0.25) is 0 Å². The third kappa shape index (κ3) is 6.59. The highest BCUT2D eigenvalue weighted by Gasteiger charge is 2.35. The number of amides is 3. The van der Waals surface area contributed by atoms with Gasteiger partial charge in [0.15, 0.2) is 0 Å². The highest BCUT2D eigenvalue weighted by molar-refractivity contribution is 5.93. The Hall–Kier alpha value is -2.41. The maximum Gasteiger partial charge on any atom is 0.243 e. The first-order valence-electron chi connectivity index (χ1n) is 13.0. The fourth-order valence-corrected chi connectivity index (χ4v) is 5.22. The molecule has 1 saturated carbocycles. The summed E-state index contributed by atoms with van der Waals surface area (Å²) in [5, 5.41) is 12.1. The highest BCUT2D eigenvalue weighted by Crippen LogP contribution is 2.31. The number of carbonyl (C=O) groups is 3. The molecule has 0 aromatic heterocycles. The van der Waals surface area contributed by atoms with E-state index in [0.29, 0.717) is 0 Å². The fraction of sp³-hybridized carbons (Fsp3) is 0.667. The molecule has 188 valence electrons. The van der Waals surface area contributed by atoms with E-state index in [4.69, 9.17) is 0 Å². The molecule has 1 aromatic carbocycles. The van der Waals surface area contributed by atoms with E-state index >= 15 is 0 Å². The van der Waals surface area contributed by atoms with E-state index in [1.54, 1.807) is 14.0 Å². The van der Waals surface area contributed by atoms with Crippen molar-refractivity contribution in [3.63, 3.8) is 0 Å². The number of likely N-dealkylation sites (N-methyl/N-ethyl adjacent to an activating group) is 1. The van der Waals surface area contributed by atoms with Gasteiger partial charge < -0.3 is 21.3 Å². The van der Waals surface area contributed by atoms with Gasteiger partial charge >= 0.3 is 0 Å². The second-order valence-electron chi connectivity index (χ2n) is 10.3. The average molecular weight is 471 g/mol. The second kappa shape index (κ2) is 12.3. The molecule has 4 N–H and O–H groups in total. The van der Waals surface area contributed by atoms with Gasteiger partial charge in [-0.15, -0.1) is 0 Å². The molecule has 0 heterocycles. The summed E-state index contributed by atoms with van der Waals surface area (Å²) in [5.41, 5.74) is 2.47. The Morgan fingerprint density at radius 2 is 1.56 bits per heavy atom. The minimum absolute atomic E-state index is 0.0301. The van der Waals surface area contributed by atoms with Gasteiger partial charge in [-0.25, -0.2) is 0 Å². The van der Waals surface area contributed by atoms with E-state index < -0.39 is 18.1 Å². The molecule has 7 heteroatoms. The molecule has 1 fully saturated rings. The Bertz CT molecular complexity index is 850. The van der Waals surface area contributed by atoms with Crippen LogP contribution in [0.1, 0.15) is 82.9 Å². The number of carbonyl (C=O) groups excluding carboxylic acids is 3. The molecule has 1 aromatic rings. The molecule has 34 heavy (non-hydrogen) atoms. The van der Waals surface area contributed by atoms with Gasteiger partial charge in [-0.05, 0) is 69.0 Å². The number of rotatable bonds is 9. The number of hydrogen-bond donors (Lipinski definition) is 4. The van der Waals surface area contributed by atoms with Crippen molar-refractivity contribution in [3.05, 3.63) is 35.4 Å². The van der Waals surface area contributed by atoms with Gasteiger partial charge in [0, 0.05) is 0 Å². The molecule has 4 unspecified atom stereocenters. The van der Waals surface area contributed by atoms with Crippen LogP contribution in [0.3, 0.4) is 0 Å². The molecular formula is C27H42N4O3. The van der Waals surface area contributed by atoms with Crippen LogP contribution in [0.5, 0.6) is 0 Å². The lowest BCUT2D eigenvalue weighted by Crippen LogP contribution is -2.59. The standard InChI is InChI=1S/C27H42N4O3/c1-17(2)23(30-25(32)18(3)28-4)26(33)31-24(20-12-6-5-7-13-20)27(34)29-22-16-10-14-19-11-8-9-15-21(19)22/h8-9,11,15,17-18,20,22-24,28H,5-7,10,12-14,16H2,1-4H3,(H,29,34)(H,30,32)(H,31,33). The van der Waals surface area contributed by atoms with Crippen LogP contribution >= 0.6 is 0 Å². The summed E-state index contributed by atoms with van der Waals surface area (Å²) >= 11 is 0. The summed E-state index contributed by atoms with van der Waals surface area (Å²) in [4.78, 5) is 39.4. The summed E-state index contributed by atoms with van der Waals surface area (Å²) in [6.07, 6.45) is 8.13. The maximum atomic E-state index is 13.6. The summed E-state index contributed by atoms with van der Waals surface area (Å²) in [6.45, 7) is 5.57. The predicted octanol–water partition coefficient (Wildman–Crippen LogP) is 2.99. The topological polar surface area (TPSA) is 99.3 Å². The Balaban J connectivity index is 1.75. The van der Waals surface area contributed by atoms with E-state index in [1.165, 1.54) is 17.5 Å². The Kier molecular flexibility index (Phi) is 9.51. The Morgan fingerprint density at radius 3 is 2.24 bits per heavy atom. The first-order chi connectivity index (χ1) is 16.3. The zero-order chi connectivity index (χ0) is 24.7. The lowest BCUT2D eigenvalue weighted by molar-refractivity contribution is -0.134.